The summed E-state index contributed by atoms with van der Waals surface area (Å²) in [7, 11) is 0. The number of fused-ring (bicyclic) bond motifs is 4. The predicted molar refractivity (Wildman–Crippen MR) is 86.2 cm³/mol. The van der Waals surface area contributed by atoms with Crippen LogP contribution in [0.1, 0.15) is 12.5 Å². The maximum atomic E-state index is 2.34. The zero-order valence-corrected chi connectivity index (χ0v) is 11.6. The molecule has 0 aliphatic carbocycles. The standard InChI is InChI=1S/C18H14S/c1-2-13-14-8-4-3-7-12(14)11-17-18(13)15-9-5-6-10-16(15)19-17/h3-11H,2H2,1H3. The van der Waals surface area contributed by atoms with Crippen molar-refractivity contribution in [1.82, 2.24) is 0 Å². The molecule has 1 heteroatoms. The van der Waals surface area contributed by atoms with E-state index >= 15 is 0 Å². The van der Waals surface area contributed by atoms with Crippen molar-refractivity contribution in [2.45, 2.75) is 13.3 Å². The molecule has 0 N–H and O–H groups in total. The van der Waals surface area contributed by atoms with Gasteiger partial charge in [0.2, 0.25) is 0 Å². The minimum atomic E-state index is 1.08. The molecular weight excluding hydrogens is 248 g/mol. The van der Waals surface area contributed by atoms with E-state index in [1.807, 2.05) is 11.3 Å². The van der Waals surface area contributed by atoms with Gasteiger partial charge in [-0.3, -0.25) is 0 Å². The molecule has 4 aromatic rings. The van der Waals surface area contributed by atoms with Crippen molar-refractivity contribution in [3.8, 4) is 0 Å². The Morgan fingerprint density at radius 2 is 1.58 bits per heavy atom. The van der Waals surface area contributed by atoms with Crippen LogP contribution in [0.2, 0.25) is 0 Å². The van der Waals surface area contributed by atoms with Crippen LogP contribution in [0.3, 0.4) is 0 Å². The van der Waals surface area contributed by atoms with Crippen LogP contribution >= 0.6 is 11.3 Å². The average molecular weight is 262 g/mol. The lowest BCUT2D eigenvalue weighted by atomic mass is 9.97. The van der Waals surface area contributed by atoms with Crippen LogP contribution in [0.25, 0.3) is 30.9 Å². The van der Waals surface area contributed by atoms with Crippen molar-refractivity contribution < 1.29 is 0 Å². The lowest BCUT2D eigenvalue weighted by Crippen LogP contribution is -1.85. The van der Waals surface area contributed by atoms with Crippen LogP contribution in [-0.4, -0.2) is 0 Å². The first-order chi connectivity index (χ1) is 9.38. The van der Waals surface area contributed by atoms with E-state index in [1.54, 1.807) is 0 Å². The van der Waals surface area contributed by atoms with Crippen molar-refractivity contribution in [2.75, 3.05) is 0 Å². The van der Waals surface area contributed by atoms with Gasteiger partial charge in [-0.15, -0.1) is 11.3 Å². The molecule has 19 heavy (non-hydrogen) atoms. The highest BCUT2D eigenvalue weighted by Gasteiger charge is 2.11. The molecule has 0 nitrogen and oxygen atoms in total. The molecule has 0 saturated carbocycles. The Morgan fingerprint density at radius 1 is 0.842 bits per heavy atom. The Hall–Kier alpha value is -1.86. The summed E-state index contributed by atoms with van der Waals surface area (Å²) < 4.78 is 2.80. The second-order valence-electron chi connectivity index (χ2n) is 4.90. The van der Waals surface area contributed by atoms with Crippen LogP contribution in [0.15, 0.2) is 54.6 Å². The molecule has 0 bridgehead atoms. The van der Waals surface area contributed by atoms with E-state index in [0.29, 0.717) is 0 Å². The number of hydrogen-bond donors (Lipinski definition) is 0. The third-order valence-corrected chi connectivity index (χ3v) is 4.97. The molecule has 1 heterocycles. The van der Waals surface area contributed by atoms with Gasteiger partial charge >= 0.3 is 0 Å². The topological polar surface area (TPSA) is 0 Å². The SMILES string of the molecule is CCc1c2ccccc2cc2sc3ccccc3c12. The normalized spacial score (nSPS) is 11.6. The van der Waals surface area contributed by atoms with Crippen LogP contribution in [0.4, 0.5) is 0 Å². The Balaban J connectivity index is 2.33. The van der Waals surface area contributed by atoms with Crippen molar-refractivity contribution in [3.63, 3.8) is 0 Å². The first kappa shape index (κ1) is 11.0. The number of rotatable bonds is 1. The van der Waals surface area contributed by atoms with E-state index in [2.05, 4.69) is 61.5 Å². The average Bonchev–Trinajstić information content (AvgIpc) is 2.82. The van der Waals surface area contributed by atoms with Crippen LogP contribution in [0, 0.1) is 0 Å². The highest BCUT2D eigenvalue weighted by molar-refractivity contribution is 7.25. The zero-order chi connectivity index (χ0) is 12.8. The quantitative estimate of drug-likeness (QED) is 0.408. The maximum Gasteiger partial charge on any atom is 0.0364 e. The molecule has 1 aromatic heterocycles. The highest BCUT2D eigenvalue weighted by atomic mass is 32.1. The van der Waals surface area contributed by atoms with E-state index in [9.17, 15) is 0 Å². The number of hydrogen-bond acceptors (Lipinski definition) is 1. The minimum Gasteiger partial charge on any atom is -0.135 e. The van der Waals surface area contributed by atoms with Gasteiger partial charge in [-0.05, 0) is 34.9 Å². The Kier molecular flexibility index (Phi) is 2.36. The van der Waals surface area contributed by atoms with Gasteiger partial charge in [0.05, 0.1) is 0 Å². The summed E-state index contributed by atoms with van der Waals surface area (Å²) in [6.45, 7) is 2.26. The van der Waals surface area contributed by atoms with E-state index in [0.717, 1.165) is 6.42 Å². The van der Waals surface area contributed by atoms with E-state index in [4.69, 9.17) is 0 Å². The van der Waals surface area contributed by atoms with Gasteiger partial charge < -0.3 is 0 Å². The molecule has 0 saturated heterocycles. The first-order valence-corrected chi connectivity index (χ1v) is 7.52. The van der Waals surface area contributed by atoms with E-state index < -0.39 is 0 Å². The molecule has 4 rings (SSSR count). The van der Waals surface area contributed by atoms with E-state index in [1.165, 1.54) is 36.5 Å². The second kappa shape index (κ2) is 4.07. The number of thiophene rings is 1. The van der Waals surface area contributed by atoms with Gasteiger partial charge in [0.1, 0.15) is 0 Å². The smallest absolute Gasteiger partial charge is 0.0364 e. The van der Waals surface area contributed by atoms with Gasteiger partial charge in [0.15, 0.2) is 0 Å². The molecular formula is C18H14S. The van der Waals surface area contributed by atoms with Crippen LogP contribution < -0.4 is 0 Å². The van der Waals surface area contributed by atoms with Crippen LogP contribution in [0.5, 0.6) is 0 Å². The Labute approximate surface area is 116 Å². The van der Waals surface area contributed by atoms with Crippen molar-refractivity contribution in [1.29, 1.82) is 0 Å². The summed E-state index contributed by atoms with van der Waals surface area (Å²) in [6.07, 6.45) is 1.08. The fraction of sp³-hybridized carbons (Fsp3) is 0.111. The van der Waals surface area contributed by atoms with Gasteiger partial charge in [0.25, 0.3) is 0 Å². The zero-order valence-electron chi connectivity index (χ0n) is 10.8. The lowest BCUT2D eigenvalue weighted by Gasteiger charge is -2.07. The van der Waals surface area contributed by atoms with Gasteiger partial charge in [-0.2, -0.15) is 0 Å². The Bertz CT molecular complexity index is 899. The number of benzene rings is 3. The summed E-state index contributed by atoms with van der Waals surface area (Å²) >= 11 is 1.91. The summed E-state index contributed by atoms with van der Waals surface area (Å²) in [6, 6.07) is 19.8. The largest absolute Gasteiger partial charge is 0.135 e. The van der Waals surface area contributed by atoms with E-state index in [-0.39, 0.29) is 0 Å². The molecule has 0 aliphatic heterocycles. The summed E-state index contributed by atoms with van der Waals surface area (Å²) in [4.78, 5) is 0. The summed E-state index contributed by atoms with van der Waals surface area (Å²) in [5.74, 6) is 0. The molecule has 0 spiro atoms. The fourth-order valence-corrected chi connectivity index (χ4v) is 4.20. The molecule has 0 unspecified atom stereocenters. The monoisotopic (exact) mass is 262 g/mol. The number of aryl methyl sites for hydroxylation is 1. The van der Waals surface area contributed by atoms with Crippen molar-refractivity contribution in [2.24, 2.45) is 0 Å². The third kappa shape index (κ3) is 1.52. The predicted octanol–water partition coefficient (Wildman–Crippen LogP) is 5.77. The first-order valence-electron chi connectivity index (χ1n) is 6.70. The molecule has 0 atom stereocenters. The molecule has 0 radical (unpaired) electrons. The van der Waals surface area contributed by atoms with Crippen molar-refractivity contribution >= 4 is 42.3 Å². The second-order valence-corrected chi connectivity index (χ2v) is 5.98. The lowest BCUT2D eigenvalue weighted by molar-refractivity contribution is 1.18. The molecule has 0 amide bonds. The Morgan fingerprint density at radius 3 is 2.42 bits per heavy atom. The molecule has 0 fully saturated rings. The molecule has 3 aromatic carbocycles. The van der Waals surface area contributed by atoms with Gasteiger partial charge in [-0.1, -0.05) is 49.4 Å². The summed E-state index contributed by atoms with van der Waals surface area (Å²) in [5, 5.41) is 5.63. The van der Waals surface area contributed by atoms with Crippen LogP contribution in [-0.2, 0) is 6.42 Å². The molecule has 0 aliphatic rings. The maximum absolute atomic E-state index is 2.34. The van der Waals surface area contributed by atoms with Crippen molar-refractivity contribution in [3.05, 3.63) is 60.2 Å². The molecule has 92 valence electrons. The van der Waals surface area contributed by atoms with Gasteiger partial charge in [-0.25, -0.2) is 0 Å². The summed E-state index contributed by atoms with van der Waals surface area (Å²) in [5.41, 5.74) is 1.49. The minimum absolute atomic E-state index is 1.08. The fourth-order valence-electron chi connectivity index (χ4n) is 3.02. The highest BCUT2D eigenvalue weighted by Crippen LogP contribution is 2.39. The van der Waals surface area contributed by atoms with Gasteiger partial charge in [0, 0.05) is 20.2 Å². The third-order valence-electron chi connectivity index (χ3n) is 3.85.